The number of nitrogens with zero attached hydrogens (tertiary/aromatic N) is 1. The van der Waals surface area contributed by atoms with Crippen LogP contribution in [0.15, 0.2) is 30.3 Å². The molecule has 2 fully saturated rings. The van der Waals surface area contributed by atoms with Crippen LogP contribution < -0.4 is 10.6 Å². The highest BCUT2D eigenvalue weighted by molar-refractivity contribution is 5.74. The molecule has 0 bridgehead atoms. The van der Waals surface area contributed by atoms with Crippen molar-refractivity contribution in [3.05, 3.63) is 35.9 Å². The van der Waals surface area contributed by atoms with E-state index in [0.717, 1.165) is 51.9 Å². The normalized spacial score (nSPS) is 21.5. The third-order valence-electron chi connectivity index (χ3n) is 5.71. The zero-order chi connectivity index (χ0) is 17.7. The van der Waals surface area contributed by atoms with Gasteiger partial charge in [0.1, 0.15) is 0 Å². The summed E-state index contributed by atoms with van der Waals surface area (Å²) in [5.41, 5.74) is 0.894. The van der Waals surface area contributed by atoms with Gasteiger partial charge in [0.05, 0.1) is 12.1 Å². The van der Waals surface area contributed by atoms with E-state index in [1.165, 1.54) is 5.56 Å². The maximum absolute atomic E-state index is 12.2. The second kappa shape index (κ2) is 8.19. The Morgan fingerprint density at radius 2 is 1.88 bits per heavy atom. The monoisotopic (exact) mass is 345 g/mol. The number of carbonyl (C=O) groups is 1. The largest absolute Gasteiger partial charge is 0.394 e. The second-order valence-electron chi connectivity index (χ2n) is 7.89. The number of benzene rings is 1. The predicted octanol–water partition coefficient (Wildman–Crippen LogP) is 2.36. The van der Waals surface area contributed by atoms with E-state index < -0.39 is 5.54 Å². The molecule has 2 amide bonds. The third kappa shape index (κ3) is 5.19. The van der Waals surface area contributed by atoms with Gasteiger partial charge in [-0.3, -0.25) is 4.90 Å². The van der Waals surface area contributed by atoms with Gasteiger partial charge in [0.2, 0.25) is 0 Å². The average molecular weight is 345 g/mol. The van der Waals surface area contributed by atoms with Crippen LogP contribution in [-0.4, -0.2) is 47.8 Å². The first kappa shape index (κ1) is 18.2. The summed E-state index contributed by atoms with van der Waals surface area (Å²) in [4.78, 5) is 14.6. The van der Waals surface area contributed by atoms with Gasteiger partial charge >= 0.3 is 6.03 Å². The molecule has 2 aliphatic rings. The Balaban J connectivity index is 1.35. The highest BCUT2D eigenvalue weighted by atomic mass is 16.3. The molecule has 1 aromatic carbocycles. The summed E-state index contributed by atoms with van der Waals surface area (Å²) in [5, 5.41) is 15.5. The molecule has 1 saturated heterocycles. The molecule has 1 heterocycles. The van der Waals surface area contributed by atoms with Crippen LogP contribution in [0.4, 0.5) is 4.79 Å². The van der Waals surface area contributed by atoms with Gasteiger partial charge in [-0.2, -0.15) is 0 Å². The van der Waals surface area contributed by atoms with Crippen LogP contribution in [0.25, 0.3) is 0 Å². The Hall–Kier alpha value is -1.59. The standard InChI is InChI=1S/C20H31N3O2/c1-20(15-24,18-7-8-18)22-19(25)21-13-16-9-11-23(12-10-16)14-17-5-3-2-4-6-17/h2-6,16,18,24H,7-15H2,1H3,(H2,21,22,25)/t20-/m1/s1. The van der Waals surface area contributed by atoms with E-state index in [-0.39, 0.29) is 12.6 Å². The predicted molar refractivity (Wildman–Crippen MR) is 99.2 cm³/mol. The summed E-state index contributed by atoms with van der Waals surface area (Å²) in [5.74, 6) is 0.962. The van der Waals surface area contributed by atoms with E-state index >= 15 is 0 Å². The number of nitrogens with one attached hydrogen (secondary N) is 2. The summed E-state index contributed by atoms with van der Waals surface area (Å²) >= 11 is 0. The fourth-order valence-electron chi connectivity index (χ4n) is 3.72. The zero-order valence-electron chi connectivity index (χ0n) is 15.2. The van der Waals surface area contributed by atoms with Crippen molar-refractivity contribution < 1.29 is 9.90 Å². The van der Waals surface area contributed by atoms with Gasteiger partial charge in [-0.05, 0) is 63.1 Å². The molecule has 0 unspecified atom stereocenters. The Kier molecular flexibility index (Phi) is 5.97. The number of rotatable bonds is 7. The van der Waals surface area contributed by atoms with Crippen LogP contribution in [0.1, 0.15) is 38.2 Å². The van der Waals surface area contributed by atoms with E-state index in [2.05, 4.69) is 45.9 Å². The number of aliphatic hydroxyl groups excluding tert-OH is 1. The Morgan fingerprint density at radius 1 is 1.20 bits per heavy atom. The summed E-state index contributed by atoms with van der Waals surface area (Å²) in [6.07, 6.45) is 4.43. The van der Waals surface area contributed by atoms with Gasteiger partial charge in [-0.15, -0.1) is 0 Å². The molecular formula is C20H31N3O2. The molecule has 1 aliphatic carbocycles. The van der Waals surface area contributed by atoms with Crippen LogP contribution >= 0.6 is 0 Å². The maximum atomic E-state index is 12.2. The summed E-state index contributed by atoms with van der Waals surface area (Å²) in [7, 11) is 0. The molecule has 0 spiro atoms. The summed E-state index contributed by atoms with van der Waals surface area (Å²) in [6.45, 7) is 5.84. The zero-order valence-corrected chi connectivity index (χ0v) is 15.2. The number of hydrogen-bond donors (Lipinski definition) is 3. The van der Waals surface area contributed by atoms with Crippen molar-refractivity contribution in [2.45, 2.75) is 44.7 Å². The molecule has 3 N–H and O–H groups in total. The number of amides is 2. The van der Waals surface area contributed by atoms with Crippen LogP contribution in [0.3, 0.4) is 0 Å². The number of piperidine rings is 1. The van der Waals surface area contributed by atoms with Gasteiger partial charge in [0, 0.05) is 13.1 Å². The van der Waals surface area contributed by atoms with Crippen molar-refractivity contribution in [3.8, 4) is 0 Å². The smallest absolute Gasteiger partial charge is 0.315 e. The quantitative estimate of drug-likeness (QED) is 0.711. The molecule has 3 rings (SSSR count). The topological polar surface area (TPSA) is 64.6 Å². The second-order valence-corrected chi connectivity index (χ2v) is 7.89. The number of aliphatic hydroxyl groups is 1. The van der Waals surface area contributed by atoms with Crippen molar-refractivity contribution in [3.63, 3.8) is 0 Å². The van der Waals surface area contributed by atoms with Gasteiger partial charge < -0.3 is 15.7 Å². The van der Waals surface area contributed by atoms with E-state index in [1.54, 1.807) is 0 Å². The lowest BCUT2D eigenvalue weighted by Crippen LogP contribution is -2.54. The lowest BCUT2D eigenvalue weighted by atomic mass is 9.96. The van der Waals surface area contributed by atoms with E-state index in [9.17, 15) is 9.90 Å². The number of hydrogen-bond acceptors (Lipinski definition) is 3. The van der Waals surface area contributed by atoms with Gasteiger partial charge in [-0.25, -0.2) is 4.79 Å². The molecule has 138 valence electrons. The minimum Gasteiger partial charge on any atom is -0.394 e. The minimum absolute atomic E-state index is 0.00294. The van der Waals surface area contributed by atoms with Gasteiger partial charge in [-0.1, -0.05) is 30.3 Å². The Labute approximate surface area is 150 Å². The van der Waals surface area contributed by atoms with Crippen molar-refractivity contribution >= 4 is 6.03 Å². The maximum Gasteiger partial charge on any atom is 0.315 e. The molecule has 25 heavy (non-hydrogen) atoms. The number of urea groups is 1. The molecule has 0 radical (unpaired) electrons. The molecule has 1 atom stereocenters. The first-order chi connectivity index (χ1) is 12.1. The summed E-state index contributed by atoms with van der Waals surface area (Å²) in [6, 6.07) is 10.4. The van der Waals surface area contributed by atoms with Gasteiger partial charge in [0.15, 0.2) is 0 Å². The number of carbonyl (C=O) groups excluding carboxylic acids is 1. The molecule has 5 nitrogen and oxygen atoms in total. The fraction of sp³-hybridized carbons (Fsp3) is 0.650. The lowest BCUT2D eigenvalue weighted by Gasteiger charge is -2.33. The van der Waals surface area contributed by atoms with Crippen molar-refractivity contribution in [2.24, 2.45) is 11.8 Å². The van der Waals surface area contributed by atoms with Crippen molar-refractivity contribution in [1.82, 2.24) is 15.5 Å². The molecule has 0 aromatic heterocycles. The molecule has 5 heteroatoms. The molecule has 1 aliphatic heterocycles. The third-order valence-corrected chi connectivity index (χ3v) is 5.71. The fourth-order valence-corrected chi connectivity index (χ4v) is 3.72. The van der Waals surface area contributed by atoms with Crippen LogP contribution in [-0.2, 0) is 6.54 Å². The van der Waals surface area contributed by atoms with Crippen LogP contribution in [0.2, 0.25) is 0 Å². The summed E-state index contributed by atoms with van der Waals surface area (Å²) < 4.78 is 0. The van der Waals surface area contributed by atoms with Gasteiger partial charge in [0.25, 0.3) is 0 Å². The van der Waals surface area contributed by atoms with E-state index in [0.29, 0.717) is 11.8 Å². The average Bonchev–Trinajstić information content (AvgIpc) is 3.48. The lowest BCUT2D eigenvalue weighted by molar-refractivity contribution is 0.151. The van der Waals surface area contributed by atoms with E-state index in [4.69, 9.17) is 0 Å². The van der Waals surface area contributed by atoms with E-state index in [1.807, 2.05) is 6.92 Å². The Morgan fingerprint density at radius 3 is 2.48 bits per heavy atom. The molecule has 1 saturated carbocycles. The first-order valence-corrected chi connectivity index (χ1v) is 9.52. The van der Waals surface area contributed by atoms with Crippen molar-refractivity contribution in [1.29, 1.82) is 0 Å². The SMILES string of the molecule is C[C@](CO)(NC(=O)NCC1CCN(Cc2ccccc2)CC1)C1CC1. The highest BCUT2D eigenvalue weighted by Gasteiger charge is 2.42. The highest BCUT2D eigenvalue weighted by Crippen LogP contribution is 2.39. The number of likely N-dealkylation sites (tertiary alicyclic amines) is 1. The van der Waals surface area contributed by atoms with Crippen LogP contribution in [0, 0.1) is 11.8 Å². The van der Waals surface area contributed by atoms with Crippen LogP contribution in [0.5, 0.6) is 0 Å². The van der Waals surface area contributed by atoms with Crippen molar-refractivity contribution in [2.75, 3.05) is 26.2 Å². The molecule has 1 aromatic rings. The first-order valence-electron chi connectivity index (χ1n) is 9.52. The molecular weight excluding hydrogens is 314 g/mol. The Bertz CT molecular complexity index is 553. The minimum atomic E-state index is -0.469.